The van der Waals surface area contributed by atoms with Crippen LogP contribution in [0.25, 0.3) is 0 Å². The summed E-state index contributed by atoms with van der Waals surface area (Å²) >= 11 is 0. The predicted octanol–water partition coefficient (Wildman–Crippen LogP) is 2.50. The molecule has 16 heavy (non-hydrogen) atoms. The highest BCUT2D eigenvalue weighted by Gasteiger charge is 2.12. The smallest absolute Gasteiger partial charge is 0.139 e. The Bertz CT molecular complexity index is 201. The van der Waals surface area contributed by atoms with Gasteiger partial charge in [0.1, 0.15) is 5.84 Å². The van der Waals surface area contributed by atoms with Gasteiger partial charge in [-0.05, 0) is 31.6 Å². The summed E-state index contributed by atoms with van der Waals surface area (Å²) in [7, 11) is 0. The second-order valence-corrected chi connectivity index (χ2v) is 4.63. The monoisotopic (exact) mass is 228 g/mol. The van der Waals surface area contributed by atoms with Crippen LogP contribution in [0, 0.1) is 5.92 Å². The zero-order valence-corrected chi connectivity index (χ0v) is 10.0. The summed E-state index contributed by atoms with van der Waals surface area (Å²) in [4.78, 5) is 0. The Hall–Kier alpha value is -0.770. The Morgan fingerprint density at radius 1 is 1.25 bits per heavy atom. The lowest BCUT2D eigenvalue weighted by Crippen LogP contribution is -2.14. The van der Waals surface area contributed by atoms with Crippen LogP contribution in [-0.4, -0.2) is 24.3 Å². The number of hydrogen-bond donors (Lipinski definition) is 2. The van der Waals surface area contributed by atoms with Gasteiger partial charge in [-0.25, -0.2) is 0 Å². The van der Waals surface area contributed by atoms with Crippen LogP contribution in [0.1, 0.15) is 51.4 Å². The van der Waals surface area contributed by atoms with E-state index >= 15 is 0 Å². The topological polar surface area (TPSA) is 67.8 Å². The first-order chi connectivity index (χ1) is 7.83. The largest absolute Gasteiger partial charge is 0.409 e. The van der Waals surface area contributed by atoms with Crippen LogP contribution in [-0.2, 0) is 4.74 Å². The minimum absolute atomic E-state index is 0.312. The number of rotatable bonds is 7. The number of unbranched alkanes of at least 4 members (excludes halogenated alkanes) is 1. The standard InChI is InChI=1S/C12H24N2O2/c13-12(14-15)8-4-5-9-16-10-11-6-2-1-3-7-11/h11,15H,1-10H2,(H2,13,14). The van der Waals surface area contributed by atoms with Crippen molar-refractivity contribution < 1.29 is 9.94 Å². The molecule has 0 saturated heterocycles. The molecule has 0 spiro atoms. The predicted molar refractivity (Wildman–Crippen MR) is 64.7 cm³/mol. The summed E-state index contributed by atoms with van der Waals surface area (Å²) in [6.07, 6.45) is 9.40. The summed E-state index contributed by atoms with van der Waals surface area (Å²) in [5, 5.41) is 11.3. The fourth-order valence-corrected chi connectivity index (χ4v) is 2.16. The summed E-state index contributed by atoms with van der Waals surface area (Å²) in [5.41, 5.74) is 5.36. The van der Waals surface area contributed by atoms with Crippen LogP contribution < -0.4 is 5.73 Å². The Morgan fingerprint density at radius 3 is 2.69 bits per heavy atom. The molecule has 0 aromatic rings. The highest BCUT2D eigenvalue weighted by molar-refractivity contribution is 5.79. The van der Waals surface area contributed by atoms with E-state index < -0.39 is 0 Å². The van der Waals surface area contributed by atoms with Gasteiger partial charge < -0.3 is 15.7 Å². The molecule has 0 radical (unpaired) electrons. The van der Waals surface area contributed by atoms with E-state index in [1.54, 1.807) is 0 Å². The number of hydrogen-bond acceptors (Lipinski definition) is 3. The molecule has 1 fully saturated rings. The third-order valence-corrected chi connectivity index (χ3v) is 3.18. The lowest BCUT2D eigenvalue weighted by atomic mass is 9.90. The maximum absolute atomic E-state index is 8.34. The lowest BCUT2D eigenvalue weighted by molar-refractivity contribution is 0.0830. The molecule has 1 saturated carbocycles. The van der Waals surface area contributed by atoms with Crippen molar-refractivity contribution in [3.8, 4) is 0 Å². The van der Waals surface area contributed by atoms with Gasteiger partial charge in [-0.3, -0.25) is 0 Å². The van der Waals surface area contributed by atoms with Gasteiger partial charge in [0.25, 0.3) is 0 Å². The van der Waals surface area contributed by atoms with Crippen molar-refractivity contribution in [1.82, 2.24) is 0 Å². The summed E-state index contributed by atoms with van der Waals surface area (Å²) in [6, 6.07) is 0. The molecule has 0 aliphatic heterocycles. The number of ether oxygens (including phenoxy) is 1. The van der Waals surface area contributed by atoms with Gasteiger partial charge >= 0.3 is 0 Å². The molecule has 4 heteroatoms. The van der Waals surface area contributed by atoms with Crippen molar-refractivity contribution in [3.63, 3.8) is 0 Å². The zero-order chi connectivity index (χ0) is 11.6. The van der Waals surface area contributed by atoms with E-state index in [2.05, 4.69) is 5.16 Å². The molecule has 1 rings (SSSR count). The quantitative estimate of drug-likeness (QED) is 0.231. The van der Waals surface area contributed by atoms with Crippen LogP contribution in [0.15, 0.2) is 5.16 Å². The minimum atomic E-state index is 0.312. The number of nitrogens with two attached hydrogens (primary N) is 1. The van der Waals surface area contributed by atoms with Gasteiger partial charge in [0.15, 0.2) is 0 Å². The third-order valence-electron chi connectivity index (χ3n) is 3.18. The molecule has 94 valence electrons. The number of oxime groups is 1. The molecule has 0 unspecified atom stereocenters. The van der Waals surface area contributed by atoms with E-state index in [0.717, 1.165) is 32.0 Å². The Balaban J connectivity index is 1.87. The van der Waals surface area contributed by atoms with Gasteiger partial charge in [-0.1, -0.05) is 24.4 Å². The molecular weight excluding hydrogens is 204 g/mol. The maximum Gasteiger partial charge on any atom is 0.139 e. The van der Waals surface area contributed by atoms with Crippen LogP contribution in [0.5, 0.6) is 0 Å². The Morgan fingerprint density at radius 2 is 2.00 bits per heavy atom. The second kappa shape index (κ2) is 8.39. The average Bonchev–Trinajstić information content (AvgIpc) is 2.34. The molecule has 0 amide bonds. The van der Waals surface area contributed by atoms with Crippen LogP contribution in [0.2, 0.25) is 0 Å². The lowest BCUT2D eigenvalue weighted by Gasteiger charge is -2.21. The molecule has 3 N–H and O–H groups in total. The molecule has 0 bridgehead atoms. The zero-order valence-electron chi connectivity index (χ0n) is 10.0. The van der Waals surface area contributed by atoms with Crippen molar-refractivity contribution in [2.24, 2.45) is 16.8 Å². The third kappa shape index (κ3) is 5.95. The molecular formula is C12H24N2O2. The van der Waals surface area contributed by atoms with Crippen LogP contribution in [0.3, 0.4) is 0 Å². The molecule has 0 heterocycles. The molecule has 0 aromatic heterocycles. The molecule has 0 aromatic carbocycles. The molecule has 1 aliphatic carbocycles. The van der Waals surface area contributed by atoms with Crippen molar-refractivity contribution in [3.05, 3.63) is 0 Å². The first-order valence-corrected chi connectivity index (χ1v) is 6.37. The van der Waals surface area contributed by atoms with Crippen LogP contribution in [0.4, 0.5) is 0 Å². The molecule has 0 atom stereocenters. The Kier molecular flexibility index (Phi) is 6.97. The van der Waals surface area contributed by atoms with Crippen molar-refractivity contribution in [2.45, 2.75) is 51.4 Å². The fourth-order valence-electron chi connectivity index (χ4n) is 2.16. The average molecular weight is 228 g/mol. The van der Waals surface area contributed by atoms with E-state index in [1.807, 2.05) is 0 Å². The van der Waals surface area contributed by atoms with Crippen molar-refractivity contribution in [2.75, 3.05) is 13.2 Å². The minimum Gasteiger partial charge on any atom is -0.409 e. The second-order valence-electron chi connectivity index (χ2n) is 4.63. The number of amidine groups is 1. The summed E-state index contributed by atoms with van der Waals surface area (Å²) in [6.45, 7) is 1.72. The van der Waals surface area contributed by atoms with Gasteiger partial charge in [0.2, 0.25) is 0 Å². The van der Waals surface area contributed by atoms with Gasteiger partial charge in [-0.15, -0.1) is 0 Å². The normalized spacial score (nSPS) is 18.9. The van der Waals surface area contributed by atoms with E-state index in [0.29, 0.717) is 12.3 Å². The van der Waals surface area contributed by atoms with Crippen molar-refractivity contribution in [1.29, 1.82) is 0 Å². The summed E-state index contributed by atoms with van der Waals surface area (Å²) in [5.74, 6) is 1.10. The van der Waals surface area contributed by atoms with Gasteiger partial charge in [0, 0.05) is 19.6 Å². The SMILES string of the molecule is NC(CCCCOCC1CCCCC1)=NO. The maximum atomic E-state index is 8.34. The van der Waals surface area contributed by atoms with Crippen molar-refractivity contribution >= 4 is 5.84 Å². The van der Waals surface area contributed by atoms with Crippen LogP contribution >= 0.6 is 0 Å². The van der Waals surface area contributed by atoms with E-state index in [4.69, 9.17) is 15.7 Å². The van der Waals surface area contributed by atoms with Gasteiger partial charge in [0.05, 0.1) is 0 Å². The van der Waals surface area contributed by atoms with E-state index in [-0.39, 0.29) is 0 Å². The highest BCUT2D eigenvalue weighted by atomic mass is 16.5. The first-order valence-electron chi connectivity index (χ1n) is 6.37. The fraction of sp³-hybridized carbons (Fsp3) is 0.917. The number of nitrogens with zero attached hydrogens (tertiary/aromatic N) is 1. The highest BCUT2D eigenvalue weighted by Crippen LogP contribution is 2.23. The first kappa shape index (κ1) is 13.3. The molecule has 1 aliphatic rings. The van der Waals surface area contributed by atoms with E-state index in [1.165, 1.54) is 32.1 Å². The van der Waals surface area contributed by atoms with Gasteiger partial charge in [-0.2, -0.15) is 0 Å². The Labute approximate surface area is 97.8 Å². The summed E-state index contributed by atoms with van der Waals surface area (Å²) < 4.78 is 5.65. The molecule has 4 nitrogen and oxygen atoms in total. The van der Waals surface area contributed by atoms with E-state index in [9.17, 15) is 0 Å².